The summed E-state index contributed by atoms with van der Waals surface area (Å²) in [5.74, 6) is 0.0549. The minimum absolute atomic E-state index is 0.0285. The first-order valence-electron chi connectivity index (χ1n) is 4.99. The van der Waals surface area contributed by atoms with Crippen LogP contribution in [-0.4, -0.2) is 17.4 Å². The molecule has 0 unspecified atom stereocenters. The second kappa shape index (κ2) is 4.70. The van der Waals surface area contributed by atoms with Crippen molar-refractivity contribution < 1.29 is 4.79 Å². The van der Waals surface area contributed by atoms with Crippen LogP contribution in [0.5, 0.6) is 0 Å². The van der Waals surface area contributed by atoms with E-state index in [0.717, 1.165) is 0 Å². The van der Waals surface area contributed by atoms with E-state index in [9.17, 15) is 4.79 Å². The Balaban J connectivity index is 2.77. The van der Waals surface area contributed by atoms with E-state index in [0.29, 0.717) is 17.1 Å². The van der Waals surface area contributed by atoms with E-state index < -0.39 is 0 Å². The number of anilines is 1. The highest BCUT2D eigenvalue weighted by Gasteiger charge is 2.15. The van der Waals surface area contributed by atoms with Gasteiger partial charge in [0.15, 0.2) is 0 Å². The van der Waals surface area contributed by atoms with E-state index in [1.165, 1.54) is 12.3 Å². The summed E-state index contributed by atoms with van der Waals surface area (Å²) in [6, 6.07) is 1.47. The molecule has 0 bridgehead atoms. The number of rotatable bonds is 2. The smallest absolute Gasteiger partial charge is 0.253 e. The molecule has 0 aliphatic carbocycles. The van der Waals surface area contributed by atoms with Crippen molar-refractivity contribution in [3.05, 3.63) is 22.8 Å². The lowest BCUT2D eigenvalue weighted by molar-refractivity contribution is 0.0939. The lowest BCUT2D eigenvalue weighted by atomic mass is 9.97. The van der Waals surface area contributed by atoms with Crippen molar-refractivity contribution in [2.75, 3.05) is 12.3 Å². The van der Waals surface area contributed by atoms with Crippen molar-refractivity contribution in [3.8, 4) is 0 Å². The summed E-state index contributed by atoms with van der Waals surface area (Å²) in [6.07, 6.45) is 1.38. The van der Waals surface area contributed by atoms with Crippen LogP contribution < -0.4 is 11.1 Å². The molecular weight excluding hydrogens is 226 g/mol. The van der Waals surface area contributed by atoms with Gasteiger partial charge in [-0.2, -0.15) is 0 Å². The molecule has 0 atom stereocenters. The highest BCUT2D eigenvalue weighted by molar-refractivity contribution is 6.33. The van der Waals surface area contributed by atoms with Crippen molar-refractivity contribution >= 4 is 23.3 Å². The average molecular weight is 242 g/mol. The molecule has 5 heteroatoms. The van der Waals surface area contributed by atoms with Crippen molar-refractivity contribution in [1.82, 2.24) is 10.3 Å². The van der Waals surface area contributed by atoms with Gasteiger partial charge in [-0.05, 0) is 11.5 Å². The predicted octanol–water partition coefficient (Wildman–Crippen LogP) is 2.09. The van der Waals surface area contributed by atoms with E-state index in [4.69, 9.17) is 17.3 Å². The van der Waals surface area contributed by atoms with Crippen LogP contribution in [0.25, 0.3) is 0 Å². The van der Waals surface area contributed by atoms with E-state index in [2.05, 4.69) is 10.3 Å². The van der Waals surface area contributed by atoms with Gasteiger partial charge >= 0.3 is 0 Å². The number of nitrogens with one attached hydrogen (secondary N) is 1. The van der Waals surface area contributed by atoms with Crippen LogP contribution in [0.3, 0.4) is 0 Å². The Kier molecular flexibility index (Phi) is 3.75. The minimum atomic E-state index is -0.228. The second-order valence-corrected chi connectivity index (χ2v) is 5.24. The fourth-order valence-electron chi connectivity index (χ4n) is 1.07. The zero-order valence-corrected chi connectivity index (χ0v) is 10.4. The molecular formula is C11H16ClN3O. The Labute approximate surface area is 100 Å². The lowest BCUT2D eigenvalue weighted by Crippen LogP contribution is -2.32. The van der Waals surface area contributed by atoms with Gasteiger partial charge in [-0.3, -0.25) is 4.79 Å². The largest absolute Gasteiger partial charge is 0.384 e. The fraction of sp³-hybridized carbons (Fsp3) is 0.455. The maximum Gasteiger partial charge on any atom is 0.253 e. The summed E-state index contributed by atoms with van der Waals surface area (Å²) in [7, 11) is 0. The topological polar surface area (TPSA) is 68.0 Å². The van der Waals surface area contributed by atoms with Crippen molar-refractivity contribution in [1.29, 1.82) is 0 Å². The molecule has 3 N–H and O–H groups in total. The van der Waals surface area contributed by atoms with Gasteiger partial charge in [0.1, 0.15) is 5.82 Å². The number of nitrogen functional groups attached to an aromatic ring is 1. The first kappa shape index (κ1) is 12.8. The number of nitrogens with two attached hydrogens (primary N) is 1. The van der Waals surface area contributed by atoms with E-state index in [-0.39, 0.29) is 17.1 Å². The number of carbonyl (C=O) groups excluding carboxylic acids is 1. The molecule has 0 aliphatic heterocycles. The lowest BCUT2D eigenvalue weighted by Gasteiger charge is -2.18. The van der Waals surface area contributed by atoms with Crippen molar-refractivity contribution in [2.45, 2.75) is 20.8 Å². The zero-order chi connectivity index (χ0) is 12.3. The molecule has 4 nitrogen and oxygen atoms in total. The summed E-state index contributed by atoms with van der Waals surface area (Å²) >= 11 is 5.86. The predicted molar refractivity (Wildman–Crippen MR) is 65.4 cm³/mol. The molecule has 1 aromatic rings. The number of hydrogen-bond donors (Lipinski definition) is 2. The van der Waals surface area contributed by atoms with Gasteiger partial charge in [-0.15, -0.1) is 0 Å². The number of hydrogen-bond acceptors (Lipinski definition) is 3. The van der Waals surface area contributed by atoms with Crippen LogP contribution in [0.1, 0.15) is 31.1 Å². The van der Waals surface area contributed by atoms with Crippen LogP contribution in [0.4, 0.5) is 5.82 Å². The minimum Gasteiger partial charge on any atom is -0.384 e. The Bertz CT molecular complexity index is 399. The first-order chi connectivity index (χ1) is 7.29. The highest BCUT2D eigenvalue weighted by atomic mass is 35.5. The Morgan fingerprint density at radius 1 is 1.56 bits per heavy atom. The summed E-state index contributed by atoms with van der Waals surface area (Å²) in [5.41, 5.74) is 5.89. The van der Waals surface area contributed by atoms with Crippen molar-refractivity contribution in [2.24, 2.45) is 5.41 Å². The first-order valence-corrected chi connectivity index (χ1v) is 5.36. The van der Waals surface area contributed by atoms with Gasteiger partial charge in [0.05, 0.1) is 10.6 Å². The monoisotopic (exact) mass is 241 g/mol. The number of aromatic nitrogens is 1. The van der Waals surface area contributed by atoms with Gasteiger partial charge in [-0.25, -0.2) is 4.98 Å². The third-order valence-corrected chi connectivity index (χ3v) is 2.20. The Morgan fingerprint density at radius 2 is 2.19 bits per heavy atom. The average Bonchev–Trinajstić information content (AvgIpc) is 2.17. The Hall–Kier alpha value is -1.29. The van der Waals surface area contributed by atoms with Crippen LogP contribution in [0.2, 0.25) is 5.02 Å². The molecule has 1 aromatic heterocycles. The second-order valence-electron chi connectivity index (χ2n) is 4.83. The molecule has 1 amide bonds. The van der Waals surface area contributed by atoms with E-state index in [1.807, 2.05) is 20.8 Å². The number of nitrogens with zero attached hydrogens (tertiary/aromatic N) is 1. The van der Waals surface area contributed by atoms with E-state index in [1.54, 1.807) is 0 Å². The van der Waals surface area contributed by atoms with Crippen LogP contribution in [0, 0.1) is 5.41 Å². The van der Waals surface area contributed by atoms with Crippen LogP contribution >= 0.6 is 11.6 Å². The van der Waals surface area contributed by atoms with Gasteiger partial charge < -0.3 is 11.1 Å². The van der Waals surface area contributed by atoms with Gasteiger partial charge in [0.25, 0.3) is 5.91 Å². The van der Waals surface area contributed by atoms with Crippen LogP contribution in [0.15, 0.2) is 12.3 Å². The summed E-state index contributed by atoms with van der Waals surface area (Å²) < 4.78 is 0. The standard InChI is InChI=1S/C11H16ClN3O/c1-11(2,3)6-15-10(16)7-4-9(13)14-5-8(7)12/h4-5H,6H2,1-3H3,(H2,13,14)(H,15,16). The molecule has 0 saturated heterocycles. The summed E-state index contributed by atoms with van der Waals surface area (Å²) in [6.45, 7) is 6.69. The molecule has 88 valence electrons. The SMILES string of the molecule is CC(C)(C)CNC(=O)c1cc(N)ncc1Cl. The molecule has 0 spiro atoms. The number of amides is 1. The van der Waals surface area contributed by atoms with Gasteiger partial charge in [0, 0.05) is 12.7 Å². The molecule has 0 aliphatic rings. The number of pyridine rings is 1. The summed E-state index contributed by atoms with van der Waals surface area (Å²) in [5, 5.41) is 3.11. The molecule has 0 aromatic carbocycles. The highest BCUT2D eigenvalue weighted by Crippen LogP contribution is 2.17. The number of halogens is 1. The molecule has 0 saturated carbocycles. The Morgan fingerprint density at radius 3 is 2.75 bits per heavy atom. The summed E-state index contributed by atoms with van der Waals surface area (Å²) in [4.78, 5) is 15.6. The van der Waals surface area contributed by atoms with E-state index >= 15 is 0 Å². The normalized spacial score (nSPS) is 11.2. The maximum absolute atomic E-state index is 11.8. The van der Waals surface area contributed by atoms with Crippen molar-refractivity contribution in [3.63, 3.8) is 0 Å². The molecule has 0 radical (unpaired) electrons. The third-order valence-electron chi connectivity index (χ3n) is 1.90. The molecule has 1 heterocycles. The number of carbonyl (C=O) groups is 1. The van der Waals surface area contributed by atoms with Crippen LogP contribution in [-0.2, 0) is 0 Å². The maximum atomic E-state index is 11.8. The van der Waals surface area contributed by atoms with Gasteiger partial charge in [0.2, 0.25) is 0 Å². The molecule has 16 heavy (non-hydrogen) atoms. The molecule has 1 rings (SSSR count). The third kappa shape index (κ3) is 3.70. The van der Waals surface area contributed by atoms with Gasteiger partial charge in [-0.1, -0.05) is 32.4 Å². The quantitative estimate of drug-likeness (QED) is 0.833. The fourth-order valence-corrected chi connectivity index (χ4v) is 1.26. The molecule has 0 fully saturated rings. The zero-order valence-electron chi connectivity index (χ0n) is 9.67.